The molecule has 0 saturated carbocycles. The van der Waals surface area contributed by atoms with Gasteiger partial charge in [-0.05, 0) is 18.1 Å². The van der Waals surface area contributed by atoms with Crippen molar-refractivity contribution < 1.29 is 13.2 Å². The smallest absolute Gasteiger partial charge is 0.196 e. The van der Waals surface area contributed by atoms with Crippen molar-refractivity contribution in [3.05, 3.63) is 59.7 Å². The zero-order chi connectivity index (χ0) is 14.7. The first-order valence-corrected chi connectivity index (χ1v) is 6.37. The van der Waals surface area contributed by atoms with Crippen LogP contribution in [0.3, 0.4) is 0 Å². The number of pyridine rings is 1. The highest BCUT2D eigenvalue weighted by Gasteiger charge is 2.11. The molecule has 0 spiro atoms. The third kappa shape index (κ3) is 3.06. The molecular weight excluding hydrogens is 274 g/mol. The third-order valence-electron chi connectivity index (χ3n) is 2.80. The van der Waals surface area contributed by atoms with E-state index in [4.69, 9.17) is 4.42 Å². The van der Waals surface area contributed by atoms with Crippen LogP contribution in [0.15, 0.2) is 40.9 Å². The Labute approximate surface area is 119 Å². The van der Waals surface area contributed by atoms with E-state index in [-0.39, 0.29) is 11.1 Å². The van der Waals surface area contributed by atoms with Gasteiger partial charge in [-0.1, -0.05) is 12.0 Å². The summed E-state index contributed by atoms with van der Waals surface area (Å²) in [6.45, 7) is 0. The van der Waals surface area contributed by atoms with Crippen molar-refractivity contribution in [2.24, 2.45) is 0 Å². The lowest BCUT2D eigenvalue weighted by Crippen LogP contribution is -1.83. The molecule has 3 aromatic rings. The number of oxazole rings is 1. The average molecular weight is 284 g/mol. The first kappa shape index (κ1) is 13.3. The molecule has 0 N–H and O–H groups in total. The lowest BCUT2D eigenvalue weighted by molar-refractivity contribution is 0.504. The second-order valence-electron chi connectivity index (χ2n) is 4.36. The number of hydrogen-bond acceptors (Lipinski definition) is 3. The van der Waals surface area contributed by atoms with Gasteiger partial charge in [0.2, 0.25) is 0 Å². The van der Waals surface area contributed by atoms with Gasteiger partial charge in [0.1, 0.15) is 17.0 Å². The van der Waals surface area contributed by atoms with Crippen LogP contribution in [0.1, 0.15) is 18.0 Å². The van der Waals surface area contributed by atoms with Crippen LogP contribution in [0.4, 0.5) is 8.78 Å². The molecule has 2 aromatic heterocycles. The summed E-state index contributed by atoms with van der Waals surface area (Å²) in [4.78, 5) is 8.12. The molecule has 2 heterocycles. The Morgan fingerprint density at radius 3 is 2.90 bits per heavy atom. The molecular formula is C16H10F2N2O. The summed E-state index contributed by atoms with van der Waals surface area (Å²) in [6, 6.07) is 7.40. The molecule has 0 saturated heterocycles. The first-order chi connectivity index (χ1) is 10.2. The van der Waals surface area contributed by atoms with E-state index in [0.717, 1.165) is 12.1 Å². The van der Waals surface area contributed by atoms with E-state index in [0.29, 0.717) is 24.4 Å². The van der Waals surface area contributed by atoms with Crippen LogP contribution in [0.2, 0.25) is 0 Å². The maximum Gasteiger partial charge on any atom is 0.196 e. The number of aryl methyl sites for hydroxylation is 1. The minimum absolute atomic E-state index is 0.0240. The van der Waals surface area contributed by atoms with Gasteiger partial charge in [-0.2, -0.15) is 0 Å². The summed E-state index contributed by atoms with van der Waals surface area (Å²) in [5, 5.41) is 0. The Balaban J connectivity index is 1.72. The lowest BCUT2D eigenvalue weighted by Gasteiger charge is -1.89. The topological polar surface area (TPSA) is 38.9 Å². The van der Waals surface area contributed by atoms with E-state index < -0.39 is 11.6 Å². The SMILES string of the molecule is Fc1cc(F)c2oc(CCC#Cc3ccccn3)nc2c1. The second kappa shape index (κ2) is 5.71. The Morgan fingerprint density at radius 2 is 2.10 bits per heavy atom. The van der Waals surface area contributed by atoms with Gasteiger partial charge in [0.15, 0.2) is 17.3 Å². The molecule has 3 rings (SSSR count). The summed E-state index contributed by atoms with van der Waals surface area (Å²) in [5.41, 5.74) is 0.840. The van der Waals surface area contributed by atoms with Gasteiger partial charge in [-0.15, -0.1) is 0 Å². The predicted octanol–water partition coefficient (Wildman–Crippen LogP) is 3.49. The van der Waals surface area contributed by atoms with Gasteiger partial charge in [0.05, 0.1) is 0 Å². The van der Waals surface area contributed by atoms with Crippen LogP contribution >= 0.6 is 0 Å². The largest absolute Gasteiger partial charge is 0.438 e. The van der Waals surface area contributed by atoms with E-state index in [1.807, 2.05) is 18.2 Å². The number of fused-ring (bicyclic) bond motifs is 1. The molecule has 104 valence electrons. The van der Waals surface area contributed by atoms with Crippen LogP contribution in [0, 0.1) is 23.5 Å². The molecule has 1 aromatic carbocycles. The summed E-state index contributed by atoms with van der Waals surface area (Å²) in [7, 11) is 0. The van der Waals surface area contributed by atoms with Crippen LogP contribution < -0.4 is 0 Å². The number of benzene rings is 1. The number of hydrogen-bond donors (Lipinski definition) is 0. The number of rotatable bonds is 2. The van der Waals surface area contributed by atoms with E-state index >= 15 is 0 Å². The summed E-state index contributed by atoms with van der Waals surface area (Å²) < 4.78 is 31.8. The summed E-state index contributed by atoms with van der Waals surface area (Å²) >= 11 is 0. The zero-order valence-electron chi connectivity index (χ0n) is 10.9. The van der Waals surface area contributed by atoms with Gasteiger partial charge in [0, 0.05) is 31.2 Å². The zero-order valence-corrected chi connectivity index (χ0v) is 10.9. The fourth-order valence-corrected chi connectivity index (χ4v) is 1.87. The van der Waals surface area contributed by atoms with Gasteiger partial charge in [0.25, 0.3) is 0 Å². The number of halogens is 2. The highest BCUT2D eigenvalue weighted by molar-refractivity contribution is 5.73. The molecule has 0 atom stereocenters. The monoisotopic (exact) mass is 284 g/mol. The Morgan fingerprint density at radius 1 is 1.19 bits per heavy atom. The molecule has 5 heteroatoms. The van der Waals surface area contributed by atoms with Gasteiger partial charge in [-0.25, -0.2) is 18.7 Å². The molecule has 0 aliphatic heterocycles. The van der Waals surface area contributed by atoms with E-state index in [1.54, 1.807) is 6.20 Å². The second-order valence-corrected chi connectivity index (χ2v) is 4.36. The minimum atomic E-state index is -0.747. The molecule has 0 radical (unpaired) electrons. The van der Waals surface area contributed by atoms with Crippen molar-refractivity contribution >= 4 is 11.1 Å². The third-order valence-corrected chi connectivity index (χ3v) is 2.80. The molecule has 0 fully saturated rings. The maximum absolute atomic E-state index is 13.5. The molecule has 0 amide bonds. The molecule has 3 nitrogen and oxygen atoms in total. The molecule has 21 heavy (non-hydrogen) atoms. The average Bonchev–Trinajstić information content (AvgIpc) is 2.88. The van der Waals surface area contributed by atoms with Crippen LogP contribution in [0.25, 0.3) is 11.1 Å². The van der Waals surface area contributed by atoms with Gasteiger partial charge >= 0.3 is 0 Å². The minimum Gasteiger partial charge on any atom is -0.438 e. The summed E-state index contributed by atoms with van der Waals surface area (Å²) in [6.07, 6.45) is 2.59. The standard InChI is InChI=1S/C16H10F2N2O/c17-11-9-13(18)16-14(10-11)20-15(21-16)7-2-1-5-12-6-3-4-8-19-12/h3-4,6,8-10H,2,7H2. The van der Waals surface area contributed by atoms with Crippen LogP contribution in [-0.2, 0) is 6.42 Å². The molecule has 0 bridgehead atoms. The number of nitrogens with zero attached hydrogens (tertiary/aromatic N) is 2. The molecule has 0 aliphatic carbocycles. The Hall–Kier alpha value is -2.74. The van der Waals surface area contributed by atoms with Crippen LogP contribution in [-0.4, -0.2) is 9.97 Å². The van der Waals surface area contributed by atoms with Gasteiger partial charge < -0.3 is 4.42 Å². The normalized spacial score (nSPS) is 10.4. The van der Waals surface area contributed by atoms with Crippen LogP contribution in [0.5, 0.6) is 0 Å². The van der Waals surface area contributed by atoms with Gasteiger partial charge in [-0.3, -0.25) is 0 Å². The highest BCUT2D eigenvalue weighted by atomic mass is 19.1. The number of aromatic nitrogens is 2. The predicted molar refractivity (Wildman–Crippen MR) is 73.4 cm³/mol. The van der Waals surface area contributed by atoms with Crippen molar-refractivity contribution in [3.8, 4) is 11.8 Å². The maximum atomic E-state index is 13.5. The van der Waals surface area contributed by atoms with Crippen molar-refractivity contribution in [2.45, 2.75) is 12.8 Å². The highest BCUT2D eigenvalue weighted by Crippen LogP contribution is 2.21. The fourth-order valence-electron chi connectivity index (χ4n) is 1.87. The first-order valence-electron chi connectivity index (χ1n) is 6.37. The molecule has 0 aliphatic rings. The summed E-state index contributed by atoms with van der Waals surface area (Å²) in [5.74, 6) is 4.76. The van der Waals surface area contributed by atoms with Crippen molar-refractivity contribution in [3.63, 3.8) is 0 Å². The van der Waals surface area contributed by atoms with E-state index in [2.05, 4.69) is 21.8 Å². The van der Waals surface area contributed by atoms with E-state index in [9.17, 15) is 8.78 Å². The fraction of sp³-hybridized carbons (Fsp3) is 0.125. The Bertz CT molecular complexity index is 832. The van der Waals surface area contributed by atoms with Crippen molar-refractivity contribution in [2.75, 3.05) is 0 Å². The quantitative estimate of drug-likeness (QED) is 0.676. The van der Waals surface area contributed by atoms with E-state index in [1.165, 1.54) is 0 Å². The lowest BCUT2D eigenvalue weighted by atomic mass is 10.3. The Kier molecular flexibility index (Phi) is 3.61. The molecule has 0 unspecified atom stereocenters. The van der Waals surface area contributed by atoms with Crippen molar-refractivity contribution in [1.82, 2.24) is 9.97 Å². The van der Waals surface area contributed by atoms with Crippen molar-refractivity contribution in [1.29, 1.82) is 0 Å².